The van der Waals surface area contributed by atoms with E-state index in [9.17, 15) is 19.7 Å². The average Bonchev–Trinajstić information content (AvgIpc) is 2.56. The number of nitrogens with zero attached hydrogens (tertiary/aromatic N) is 2. The Morgan fingerprint density at radius 2 is 2.00 bits per heavy atom. The average molecular weight is 376 g/mol. The van der Waals surface area contributed by atoms with Crippen LogP contribution >= 0.6 is 0 Å². The number of carbonyl (C=O) groups excluding carboxylic acids is 1. The van der Waals surface area contributed by atoms with E-state index in [0.717, 1.165) is 0 Å². The largest absolute Gasteiger partial charge is 0.490 e. The molecule has 1 N–H and O–H groups in total. The molecule has 2 aromatic rings. The number of nitro benzene ring substituents is 1. The molecule has 9 nitrogen and oxygen atoms in total. The second-order valence-corrected chi connectivity index (χ2v) is 6.88. The second-order valence-electron chi connectivity index (χ2n) is 6.88. The van der Waals surface area contributed by atoms with Crippen LogP contribution in [0, 0.1) is 16.0 Å². The highest BCUT2D eigenvalue weighted by Crippen LogP contribution is 2.31. The van der Waals surface area contributed by atoms with Crippen molar-refractivity contribution in [1.29, 1.82) is 0 Å². The molecule has 0 fully saturated rings. The molecular formula is C18H20N2O7. The fourth-order valence-electron chi connectivity index (χ4n) is 2.40. The monoisotopic (exact) mass is 376 g/mol. The summed E-state index contributed by atoms with van der Waals surface area (Å²) in [5, 5.41) is 20.5. The molecule has 0 saturated heterocycles. The first-order valence-electron chi connectivity index (χ1n) is 8.18. The van der Waals surface area contributed by atoms with Crippen LogP contribution in [0.5, 0.6) is 5.75 Å². The number of fused-ring (bicyclic) bond motifs is 1. The Morgan fingerprint density at radius 1 is 1.30 bits per heavy atom. The fourth-order valence-corrected chi connectivity index (χ4v) is 2.40. The zero-order chi connectivity index (χ0) is 20.2. The Hall–Kier alpha value is -3.23. The Morgan fingerprint density at radius 3 is 2.59 bits per heavy atom. The van der Waals surface area contributed by atoms with Gasteiger partial charge < -0.3 is 14.6 Å². The van der Waals surface area contributed by atoms with E-state index in [0.29, 0.717) is 0 Å². The highest BCUT2D eigenvalue weighted by molar-refractivity contribution is 5.92. The van der Waals surface area contributed by atoms with Crippen molar-refractivity contribution in [1.82, 2.24) is 4.98 Å². The second kappa shape index (κ2) is 7.98. The van der Waals surface area contributed by atoms with Gasteiger partial charge in [0.05, 0.1) is 16.7 Å². The lowest BCUT2D eigenvalue weighted by atomic mass is 10.1. The minimum atomic E-state index is -1.17. The standard InChI is InChI=1S/C18H20N2O7/c1-18(2,3)27-17(23)11(9-15(21)22)10-26-14-7-6-13(20(24)25)12-5-4-8-19-16(12)14/h4-8,11H,9-10H2,1-3H3,(H,21,22). The van der Waals surface area contributed by atoms with Gasteiger partial charge in [-0.05, 0) is 39.0 Å². The minimum absolute atomic E-state index is 0.125. The number of hydrogen-bond donors (Lipinski definition) is 1. The third kappa shape index (κ3) is 5.37. The summed E-state index contributed by atoms with van der Waals surface area (Å²) in [5.74, 6) is -2.67. The number of carboxylic acid groups (broad SMARTS) is 1. The Kier molecular flexibility index (Phi) is 5.94. The zero-order valence-corrected chi connectivity index (χ0v) is 15.2. The first-order valence-corrected chi connectivity index (χ1v) is 8.18. The predicted octanol–water partition coefficient (Wildman–Crippen LogP) is 2.95. The van der Waals surface area contributed by atoms with Crippen molar-refractivity contribution < 1.29 is 29.1 Å². The molecule has 0 radical (unpaired) electrons. The molecule has 0 aliphatic carbocycles. The number of nitro groups is 1. The van der Waals surface area contributed by atoms with Gasteiger partial charge in [-0.25, -0.2) is 0 Å². The van der Waals surface area contributed by atoms with Gasteiger partial charge in [0.15, 0.2) is 0 Å². The summed E-state index contributed by atoms with van der Waals surface area (Å²) in [6.07, 6.45) is 0.995. The molecular weight excluding hydrogens is 356 g/mol. The van der Waals surface area contributed by atoms with Crippen LogP contribution in [0.3, 0.4) is 0 Å². The quantitative estimate of drug-likeness (QED) is 0.443. The van der Waals surface area contributed by atoms with Crippen molar-refractivity contribution in [3.8, 4) is 5.75 Å². The van der Waals surface area contributed by atoms with E-state index in [2.05, 4.69) is 4.98 Å². The number of non-ortho nitro benzene ring substituents is 1. The molecule has 1 unspecified atom stereocenters. The van der Waals surface area contributed by atoms with Gasteiger partial charge in [0.2, 0.25) is 0 Å². The molecule has 27 heavy (non-hydrogen) atoms. The summed E-state index contributed by atoms with van der Waals surface area (Å²) in [5.41, 5.74) is -0.639. The van der Waals surface area contributed by atoms with Crippen molar-refractivity contribution >= 4 is 28.5 Å². The number of aromatic nitrogens is 1. The summed E-state index contributed by atoms with van der Waals surface area (Å²) in [7, 11) is 0. The number of carbonyl (C=O) groups is 2. The molecule has 1 aromatic heterocycles. The normalized spacial score (nSPS) is 12.4. The van der Waals surface area contributed by atoms with E-state index < -0.39 is 34.8 Å². The van der Waals surface area contributed by atoms with Crippen LogP contribution in [0.2, 0.25) is 0 Å². The number of aliphatic carboxylic acids is 1. The minimum Gasteiger partial charge on any atom is -0.490 e. The van der Waals surface area contributed by atoms with Crippen LogP contribution in [-0.4, -0.2) is 39.2 Å². The van der Waals surface area contributed by atoms with E-state index in [4.69, 9.17) is 14.6 Å². The summed E-state index contributed by atoms with van der Waals surface area (Å²) < 4.78 is 10.8. The zero-order valence-electron chi connectivity index (χ0n) is 15.2. The summed E-state index contributed by atoms with van der Waals surface area (Å²) in [6.45, 7) is 4.77. The molecule has 0 amide bonds. The molecule has 1 heterocycles. The van der Waals surface area contributed by atoms with Crippen LogP contribution < -0.4 is 4.74 Å². The fraction of sp³-hybridized carbons (Fsp3) is 0.389. The van der Waals surface area contributed by atoms with E-state index in [1.54, 1.807) is 26.8 Å². The van der Waals surface area contributed by atoms with Gasteiger partial charge in [-0.3, -0.25) is 24.7 Å². The first-order chi connectivity index (χ1) is 12.6. The Bertz CT molecular complexity index is 874. The lowest BCUT2D eigenvalue weighted by molar-refractivity contribution is -0.383. The van der Waals surface area contributed by atoms with Crippen LogP contribution in [0.25, 0.3) is 10.9 Å². The van der Waals surface area contributed by atoms with Crippen LogP contribution in [0.15, 0.2) is 30.5 Å². The van der Waals surface area contributed by atoms with E-state index in [1.807, 2.05) is 0 Å². The van der Waals surface area contributed by atoms with Crippen molar-refractivity contribution in [3.63, 3.8) is 0 Å². The maximum Gasteiger partial charge on any atom is 0.313 e. The lowest BCUT2D eigenvalue weighted by Crippen LogP contribution is -2.33. The van der Waals surface area contributed by atoms with Crippen LogP contribution in [-0.2, 0) is 14.3 Å². The molecule has 0 saturated carbocycles. The molecule has 144 valence electrons. The highest BCUT2D eigenvalue weighted by atomic mass is 16.6. The number of esters is 1. The summed E-state index contributed by atoms with van der Waals surface area (Å²) in [4.78, 5) is 38.1. The number of rotatable bonds is 7. The molecule has 2 rings (SSSR count). The lowest BCUT2D eigenvalue weighted by Gasteiger charge is -2.23. The van der Waals surface area contributed by atoms with Gasteiger partial charge in [0, 0.05) is 12.3 Å². The summed E-state index contributed by atoms with van der Waals surface area (Å²) in [6, 6.07) is 5.75. The smallest absolute Gasteiger partial charge is 0.313 e. The maximum atomic E-state index is 12.3. The molecule has 0 aliphatic rings. The molecule has 0 bridgehead atoms. The first kappa shape index (κ1) is 20.1. The molecule has 1 atom stereocenters. The third-order valence-electron chi connectivity index (χ3n) is 3.51. The number of carboxylic acids is 1. The van der Waals surface area contributed by atoms with Gasteiger partial charge in [-0.1, -0.05) is 0 Å². The van der Waals surface area contributed by atoms with Gasteiger partial charge in [-0.15, -0.1) is 0 Å². The number of pyridine rings is 1. The predicted molar refractivity (Wildman–Crippen MR) is 95.5 cm³/mol. The molecule has 0 spiro atoms. The maximum absolute atomic E-state index is 12.3. The highest BCUT2D eigenvalue weighted by Gasteiger charge is 2.28. The Balaban J connectivity index is 2.26. The molecule has 1 aromatic carbocycles. The molecule has 9 heteroatoms. The summed E-state index contributed by atoms with van der Waals surface area (Å²) >= 11 is 0. The van der Waals surface area contributed by atoms with Gasteiger partial charge in [0.25, 0.3) is 5.69 Å². The third-order valence-corrected chi connectivity index (χ3v) is 3.51. The van der Waals surface area contributed by atoms with Gasteiger partial charge in [0.1, 0.15) is 29.4 Å². The molecule has 0 aliphatic heterocycles. The van der Waals surface area contributed by atoms with Crippen LogP contribution in [0.4, 0.5) is 5.69 Å². The number of ether oxygens (including phenoxy) is 2. The number of benzene rings is 1. The van der Waals surface area contributed by atoms with Gasteiger partial charge in [-0.2, -0.15) is 0 Å². The van der Waals surface area contributed by atoms with E-state index in [-0.39, 0.29) is 28.9 Å². The SMILES string of the molecule is CC(C)(C)OC(=O)C(COc1ccc([N+](=O)[O-])c2cccnc12)CC(=O)O. The van der Waals surface area contributed by atoms with Crippen LogP contribution in [0.1, 0.15) is 27.2 Å². The van der Waals surface area contributed by atoms with Gasteiger partial charge >= 0.3 is 11.9 Å². The topological polar surface area (TPSA) is 129 Å². The van der Waals surface area contributed by atoms with Crippen molar-refractivity contribution in [2.75, 3.05) is 6.61 Å². The van der Waals surface area contributed by atoms with E-state index in [1.165, 1.54) is 24.4 Å². The Labute approximate surface area is 155 Å². The van der Waals surface area contributed by atoms with Crippen molar-refractivity contribution in [3.05, 3.63) is 40.6 Å². The number of hydrogen-bond acceptors (Lipinski definition) is 7. The van der Waals surface area contributed by atoms with E-state index >= 15 is 0 Å². The van der Waals surface area contributed by atoms with Crippen molar-refractivity contribution in [2.24, 2.45) is 5.92 Å². The van der Waals surface area contributed by atoms with Crippen molar-refractivity contribution in [2.45, 2.75) is 32.8 Å².